The number of carbonyl (C=O) groups excluding carboxylic acids is 2. The second-order valence-electron chi connectivity index (χ2n) is 2.68. The number of hydrogen-bond donors (Lipinski definition) is 1. The van der Waals surface area contributed by atoms with Gasteiger partial charge in [-0.25, -0.2) is 4.79 Å². The lowest BCUT2D eigenvalue weighted by Gasteiger charge is -2.13. The minimum Gasteiger partial charge on any atom is -0.324 e. The van der Waals surface area contributed by atoms with E-state index in [1.54, 1.807) is 4.90 Å². The van der Waals surface area contributed by atoms with E-state index in [1.807, 2.05) is 0 Å². The molecule has 0 aromatic rings. The minimum atomic E-state index is -0.290. The van der Waals surface area contributed by atoms with Gasteiger partial charge in [0.2, 0.25) is 5.91 Å². The predicted octanol–water partition coefficient (Wildman–Crippen LogP) is 0.338. The Morgan fingerprint density at radius 3 is 2.27 bits per heavy atom. The van der Waals surface area contributed by atoms with Crippen LogP contribution in [0.25, 0.3) is 0 Å². The maximum Gasteiger partial charge on any atom is 0.324 e. The molecule has 4 heteroatoms. The van der Waals surface area contributed by atoms with Crippen LogP contribution < -0.4 is 5.32 Å². The first kappa shape index (κ1) is 8.04. The quantitative estimate of drug-likeness (QED) is 0.549. The molecule has 0 atom stereocenters. The summed E-state index contributed by atoms with van der Waals surface area (Å²) in [5.74, 6) is -0.290. The molecule has 1 N–H and O–H groups in total. The molecule has 62 valence electrons. The molecule has 1 saturated heterocycles. The van der Waals surface area contributed by atoms with Crippen molar-refractivity contribution in [2.75, 3.05) is 13.1 Å². The van der Waals surface area contributed by atoms with Gasteiger partial charge in [-0.05, 0) is 12.8 Å². The lowest BCUT2D eigenvalue weighted by molar-refractivity contribution is -0.118. The van der Waals surface area contributed by atoms with Crippen molar-refractivity contribution in [2.24, 2.45) is 0 Å². The lowest BCUT2D eigenvalue weighted by Crippen LogP contribution is -2.40. The van der Waals surface area contributed by atoms with E-state index in [2.05, 4.69) is 5.32 Å². The number of rotatable bonds is 0. The Balaban J connectivity index is 2.34. The highest BCUT2D eigenvalue weighted by atomic mass is 16.2. The highest BCUT2D eigenvalue weighted by Gasteiger charge is 2.17. The van der Waals surface area contributed by atoms with Crippen molar-refractivity contribution in [1.82, 2.24) is 10.2 Å². The highest BCUT2D eigenvalue weighted by Crippen LogP contribution is 2.06. The van der Waals surface area contributed by atoms with E-state index in [-0.39, 0.29) is 11.9 Å². The number of carbonyl (C=O) groups is 2. The standard InChI is InChI=1S/C7H12N2O2/c1-6(10)8-7(11)9-4-2-3-5-9/h2-5H2,1H3,(H,8,10,11). The molecule has 0 bridgehead atoms. The topological polar surface area (TPSA) is 49.4 Å². The van der Waals surface area contributed by atoms with Crippen molar-refractivity contribution in [3.63, 3.8) is 0 Å². The summed E-state index contributed by atoms with van der Waals surface area (Å²) >= 11 is 0. The van der Waals surface area contributed by atoms with E-state index in [1.165, 1.54) is 6.92 Å². The average molecular weight is 156 g/mol. The molecule has 0 saturated carbocycles. The van der Waals surface area contributed by atoms with E-state index >= 15 is 0 Å². The normalized spacial score (nSPS) is 16.6. The van der Waals surface area contributed by atoms with E-state index in [0.717, 1.165) is 25.9 Å². The first-order valence-corrected chi connectivity index (χ1v) is 3.76. The van der Waals surface area contributed by atoms with Crippen molar-refractivity contribution in [3.8, 4) is 0 Å². The molecular weight excluding hydrogens is 144 g/mol. The molecule has 0 aromatic heterocycles. The van der Waals surface area contributed by atoms with Crippen LogP contribution in [-0.4, -0.2) is 29.9 Å². The first-order chi connectivity index (χ1) is 5.20. The van der Waals surface area contributed by atoms with E-state index in [4.69, 9.17) is 0 Å². The van der Waals surface area contributed by atoms with Crippen LogP contribution >= 0.6 is 0 Å². The van der Waals surface area contributed by atoms with E-state index in [9.17, 15) is 9.59 Å². The van der Waals surface area contributed by atoms with Gasteiger partial charge in [-0.3, -0.25) is 10.1 Å². The zero-order valence-corrected chi connectivity index (χ0v) is 6.59. The molecule has 1 fully saturated rings. The Bertz CT molecular complexity index is 173. The third kappa shape index (κ3) is 2.22. The second kappa shape index (κ2) is 3.37. The molecule has 0 radical (unpaired) electrons. The molecule has 0 aliphatic carbocycles. The van der Waals surface area contributed by atoms with Gasteiger partial charge in [0.1, 0.15) is 0 Å². The number of hydrogen-bond acceptors (Lipinski definition) is 2. The monoisotopic (exact) mass is 156 g/mol. The molecule has 1 aliphatic heterocycles. The minimum absolute atomic E-state index is 0.255. The molecule has 0 unspecified atom stereocenters. The summed E-state index contributed by atoms with van der Waals surface area (Å²) in [4.78, 5) is 23.2. The van der Waals surface area contributed by atoms with Gasteiger partial charge < -0.3 is 4.90 Å². The van der Waals surface area contributed by atoms with Gasteiger partial charge in [-0.2, -0.15) is 0 Å². The third-order valence-corrected chi connectivity index (χ3v) is 1.68. The maximum absolute atomic E-state index is 11.0. The Kier molecular flexibility index (Phi) is 2.46. The summed E-state index contributed by atoms with van der Waals surface area (Å²) in [5, 5.41) is 2.23. The van der Waals surface area contributed by atoms with Gasteiger partial charge in [0.05, 0.1) is 0 Å². The molecular formula is C7H12N2O2. The molecule has 4 nitrogen and oxygen atoms in total. The summed E-state index contributed by atoms with van der Waals surface area (Å²) in [6, 6.07) is -0.255. The van der Waals surface area contributed by atoms with Crippen LogP contribution in [0.2, 0.25) is 0 Å². The van der Waals surface area contributed by atoms with Crippen molar-refractivity contribution in [3.05, 3.63) is 0 Å². The molecule has 1 heterocycles. The lowest BCUT2D eigenvalue weighted by atomic mass is 10.4. The van der Waals surface area contributed by atoms with Crippen LogP contribution in [-0.2, 0) is 4.79 Å². The number of amides is 3. The summed E-state index contributed by atoms with van der Waals surface area (Å²) < 4.78 is 0. The van der Waals surface area contributed by atoms with Crippen molar-refractivity contribution >= 4 is 11.9 Å². The number of nitrogens with zero attached hydrogens (tertiary/aromatic N) is 1. The van der Waals surface area contributed by atoms with Crippen molar-refractivity contribution in [1.29, 1.82) is 0 Å². The number of nitrogens with one attached hydrogen (secondary N) is 1. The van der Waals surface area contributed by atoms with E-state index < -0.39 is 0 Å². The van der Waals surface area contributed by atoms with Crippen molar-refractivity contribution in [2.45, 2.75) is 19.8 Å². The fourth-order valence-electron chi connectivity index (χ4n) is 1.15. The second-order valence-corrected chi connectivity index (χ2v) is 2.68. The summed E-state index contributed by atoms with van der Waals surface area (Å²) in [7, 11) is 0. The van der Waals surface area contributed by atoms with Crippen LogP contribution in [0.15, 0.2) is 0 Å². The highest BCUT2D eigenvalue weighted by molar-refractivity contribution is 5.93. The molecule has 0 aromatic carbocycles. The number of imide groups is 1. The predicted molar refractivity (Wildman–Crippen MR) is 40.0 cm³/mol. The smallest absolute Gasteiger partial charge is 0.324 e. The van der Waals surface area contributed by atoms with E-state index in [0.29, 0.717) is 0 Å². The van der Waals surface area contributed by atoms with Crippen molar-refractivity contribution < 1.29 is 9.59 Å². The third-order valence-electron chi connectivity index (χ3n) is 1.68. The van der Waals surface area contributed by atoms with Gasteiger partial charge in [0.15, 0.2) is 0 Å². The Labute approximate surface area is 65.6 Å². The van der Waals surface area contributed by atoms with Crippen LogP contribution in [0.4, 0.5) is 4.79 Å². The zero-order chi connectivity index (χ0) is 8.27. The molecule has 1 rings (SSSR count). The maximum atomic E-state index is 11.0. The van der Waals surface area contributed by atoms with Crippen LogP contribution in [0.5, 0.6) is 0 Å². The average Bonchev–Trinajstić information content (AvgIpc) is 2.35. The van der Waals surface area contributed by atoms with Gasteiger partial charge in [0.25, 0.3) is 0 Å². The van der Waals surface area contributed by atoms with Crippen LogP contribution in [0, 0.1) is 0 Å². The summed E-state index contributed by atoms with van der Waals surface area (Å²) in [6.45, 7) is 2.90. The van der Waals surface area contributed by atoms with Gasteiger partial charge in [0, 0.05) is 20.0 Å². The molecule has 11 heavy (non-hydrogen) atoms. The largest absolute Gasteiger partial charge is 0.324 e. The van der Waals surface area contributed by atoms with Crippen LogP contribution in [0.3, 0.4) is 0 Å². The summed E-state index contributed by atoms with van der Waals surface area (Å²) in [5.41, 5.74) is 0. The molecule has 1 aliphatic rings. The fourth-order valence-corrected chi connectivity index (χ4v) is 1.15. The van der Waals surface area contributed by atoms with Gasteiger partial charge in [-0.1, -0.05) is 0 Å². The SMILES string of the molecule is CC(=O)NC(=O)N1CCCC1. The zero-order valence-electron chi connectivity index (χ0n) is 6.59. The van der Waals surface area contributed by atoms with Gasteiger partial charge in [-0.15, -0.1) is 0 Å². The molecule has 0 spiro atoms. The Morgan fingerprint density at radius 1 is 1.27 bits per heavy atom. The Hall–Kier alpha value is -1.06. The Morgan fingerprint density at radius 2 is 1.82 bits per heavy atom. The molecule has 3 amide bonds. The number of likely N-dealkylation sites (tertiary alicyclic amines) is 1. The summed E-state index contributed by atoms with van der Waals surface area (Å²) in [6.07, 6.45) is 2.09. The fraction of sp³-hybridized carbons (Fsp3) is 0.714. The first-order valence-electron chi connectivity index (χ1n) is 3.76. The van der Waals surface area contributed by atoms with Crippen LogP contribution in [0.1, 0.15) is 19.8 Å². The van der Waals surface area contributed by atoms with Gasteiger partial charge >= 0.3 is 6.03 Å². The number of urea groups is 1.